The summed E-state index contributed by atoms with van der Waals surface area (Å²) < 4.78 is 0.935. The van der Waals surface area contributed by atoms with Gasteiger partial charge in [-0.15, -0.1) is 0 Å². The Morgan fingerprint density at radius 3 is 2.38 bits per heavy atom. The van der Waals surface area contributed by atoms with E-state index in [0.29, 0.717) is 0 Å². The van der Waals surface area contributed by atoms with E-state index >= 15 is 0 Å². The van der Waals surface area contributed by atoms with Crippen LogP contribution < -0.4 is 4.73 Å². The maximum Gasteiger partial charge on any atom is 0.199 e. The Morgan fingerprint density at radius 1 is 1.06 bits per heavy atom. The number of aryl methyl sites for hydroxylation is 1. The molecule has 0 amide bonds. The first-order valence-corrected chi connectivity index (χ1v) is 5.43. The van der Waals surface area contributed by atoms with Crippen molar-refractivity contribution >= 4 is 0 Å². The zero-order valence-electron chi connectivity index (χ0n) is 9.55. The highest BCUT2D eigenvalue weighted by Crippen LogP contribution is 2.21. The van der Waals surface area contributed by atoms with Crippen molar-refractivity contribution in [3.8, 4) is 0 Å². The molecule has 16 heavy (non-hydrogen) atoms. The average molecular weight is 213 g/mol. The Morgan fingerprint density at radius 2 is 1.75 bits per heavy atom. The fourth-order valence-electron chi connectivity index (χ4n) is 1.80. The minimum Gasteiger partial charge on any atom is -0.618 e. The van der Waals surface area contributed by atoms with E-state index in [0.717, 1.165) is 10.4 Å². The molecule has 0 aliphatic carbocycles. The number of hydrogen-bond donors (Lipinski definition) is 0. The average Bonchev–Trinajstić information content (AvgIpc) is 2.30. The monoisotopic (exact) mass is 213 g/mol. The molecule has 0 fully saturated rings. The SMILES string of the molecule is Cc1ccc(C(C)c2cccc[n+]2[O-])cc1. The fraction of sp³-hybridized carbons (Fsp3) is 0.214. The number of benzene rings is 1. The van der Waals surface area contributed by atoms with Crippen molar-refractivity contribution in [2.75, 3.05) is 0 Å². The number of aromatic nitrogens is 1. The Hall–Kier alpha value is -1.83. The molecular formula is C14H15NO. The summed E-state index contributed by atoms with van der Waals surface area (Å²) in [4.78, 5) is 0. The van der Waals surface area contributed by atoms with Crippen molar-refractivity contribution in [3.05, 3.63) is 70.7 Å². The van der Waals surface area contributed by atoms with Crippen molar-refractivity contribution in [1.82, 2.24) is 0 Å². The van der Waals surface area contributed by atoms with Gasteiger partial charge in [0.1, 0.15) is 0 Å². The number of hydrogen-bond acceptors (Lipinski definition) is 1. The van der Waals surface area contributed by atoms with Gasteiger partial charge in [0.25, 0.3) is 0 Å². The lowest BCUT2D eigenvalue weighted by Gasteiger charge is -2.11. The van der Waals surface area contributed by atoms with Crippen LogP contribution >= 0.6 is 0 Å². The number of nitrogens with zero attached hydrogens (tertiary/aromatic N) is 1. The molecule has 1 aromatic heterocycles. The van der Waals surface area contributed by atoms with Gasteiger partial charge in [-0.25, -0.2) is 0 Å². The molecule has 0 aliphatic heterocycles. The van der Waals surface area contributed by atoms with Crippen LogP contribution in [0.1, 0.15) is 29.7 Å². The van der Waals surface area contributed by atoms with Crippen molar-refractivity contribution in [1.29, 1.82) is 0 Å². The van der Waals surface area contributed by atoms with Crippen molar-refractivity contribution in [2.45, 2.75) is 19.8 Å². The highest BCUT2D eigenvalue weighted by Gasteiger charge is 2.15. The van der Waals surface area contributed by atoms with Crippen molar-refractivity contribution in [3.63, 3.8) is 0 Å². The lowest BCUT2D eigenvalue weighted by molar-refractivity contribution is -0.614. The third-order valence-corrected chi connectivity index (χ3v) is 2.88. The highest BCUT2D eigenvalue weighted by molar-refractivity contribution is 5.28. The summed E-state index contributed by atoms with van der Waals surface area (Å²) >= 11 is 0. The summed E-state index contributed by atoms with van der Waals surface area (Å²) in [5.74, 6) is 0.124. The van der Waals surface area contributed by atoms with E-state index in [1.165, 1.54) is 11.1 Å². The van der Waals surface area contributed by atoms with Crippen LogP contribution in [-0.2, 0) is 0 Å². The molecule has 2 nitrogen and oxygen atoms in total. The van der Waals surface area contributed by atoms with Gasteiger partial charge in [-0.2, -0.15) is 4.73 Å². The summed E-state index contributed by atoms with van der Waals surface area (Å²) in [6, 6.07) is 13.8. The molecule has 0 spiro atoms. The van der Waals surface area contributed by atoms with Crippen molar-refractivity contribution < 1.29 is 4.73 Å². The molecular weight excluding hydrogens is 198 g/mol. The minimum absolute atomic E-state index is 0.124. The summed E-state index contributed by atoms with van der Waals surface area (Å²) in [6.07, 6.45) is 1.54. The first-order valence-electron chi connectivity index (χ1n) is 5.43. The molecule has 1 heterocycles. The van der Waals surface area contributed by atoms with Crippen LogP contribution in [0.25, 0.3) is 0 Å². The van der Waals surface area contributed by atoms with E-state index in [2.05, 4.69) is 38.1 Å². The molecule has 1 atom stereocenters. The summed E-state index contributed by atoms with van der Waals surface area (Å²) in [5, 5.41) is 11.6. The second kappa shape index (κ2) is 4.35. The summed E-state index contributed by atoms with van der Waals surface area (Å²) in [7, 11) is 0. The van der Waals surface area contributed by atoms with E-state index in [1.54, 1.807) is 12.3 Å². The van der Waals surface area contributed by atoms with Gasteiger partial charge in [-0.05, 0) is 25.5 Å². The first kappa shape index (κ1) is 10.7. The third-order valence-electron chi connectivity index (χ3n) is 2.88. The van der Waals surface area contributed by atoms with Crippen molar-refractivity contribution in [2.24, 2.45) is 0 Å². The van der Waals surface area contributed by atoms with Crippen LogP contribution in [0.5, 0.6) is 0 Å². The van der Waals surface area contributed by atoms with Gasteiger partial charge < -0.3 is 5.21 Å². The zero-order chi connectivity index (χ0) is 11.5. The lowest BCUT2D eigenvalue weighted by Crippen LogP contribution is -2.32. The molecule has 0 N–H and O–H groups in total. The molecule has 2 rings (SSSR count). The Kier molecular flexibility index (Phi) is 2.91. The van der Waals surface area contributed by atoms with Crippen LogP contribution in [0.15, 0.2) is 48.7 Å². The van der Waals surface area contributed by atoms with Gasteiger partial charge >= 0.3 is 0 Å². The second-order valence-corrected chi connectivity index (χ2v) is 4.08. The van der Waals surface area contributed by atoms with E-state index in [1.807, 2.05) is 12.1 Å². The van der Waals surface area contributed by atoms with Crippen LogP contribution in [0.3, 0.4) is 0 Å². The lowest BCUT2D eigenvalue weighted by atomic mass is 9.96. The van der Waals surface area contributed by atoms with Crippen LogP contribution in [0.4, 0.5) is 0 Å². The molecule has 0 bridgehead atoms. The van der Waals surface area contributed by atoms with E-state index in [9.17, 15) is 5.21 Å². The quantitative estimate of drug-likeness (QED) is 0.556. The Labute approximate surface area is 95.8 Å². The summed E-state index contributed by atoms with van der Waals surface area (Å²) in [5.41, 5.74) is 3.19. The predicted molar refractivity (Wildman–Crippen MR) is 64.1 cm³/mol. The fourth-order valence-corrected chi connectivity index (χ4v) is 1.80. The Bertz CT molecular complexity index is 476. The first-order chi connectivity index (χ1) is 7.68. The molecule has 82 valence electrons. The second-order valence-electron chi connectivity index (χ2n) is 4.08. The topological polar surface area (TPSA) is 26.9 Å². The molecule has 0 aliphatic rings. The van der Waals surface area contributed by atoms with Gasteiger partial charge in [0.2, 0.25) is 0 Å². The molecule has 2 heteroatoms. The Balaban J connectivity index is 2.35. The van der Waals surface area contributed by atoms with Gasteiger partial charge in [0.15, 0.2) is 11.9 Å². The minimum atomic E-state index is 0.124. The highest BCUT2D eigenvalue weighted by atomic mass is 16.5. The van der Waals surface area contributed by atoms with Crippen LogP contribution in [0.2, 0.25) is 0 Å². The van der Waals surface area contributed by atoms with E-state index < -0.39 is 0 Å². The smallest absolute Gasteiger partial charge is 0.199 e. The maximum atomic E-state index is 11.6. The van der Waals surface area contributed by atoms with Gasteiger partial charge in [0.05, 0.1) is 5.92 Å². The molecule has 2 aromatic rings. The van der Waals surface area contributed by atoms with Gasteiger partial charge in [0, 0.05) is 12.1 Å². The summed E-state index contributed by atoms with van der Waals surface area (Å²) in [6.45, 7) is 4.11. The maximum absolute atomic E-state index is 11.6. The van der Waals surface area contributed by atoms with Crippen LogP contribution in [0, 0.1) is 12.1 Å². The zero-order valence-corrected chi connectivity index (χ0v) is 9.55. The molecule has 0 radical (unpaired) electrons. The van der Waals surface area contributed by atoms with E-state index in [4.69, 9.17) is 0 Å². The molecule has 1 aromatic carbocycles. The normalized spacial score (nSPS) is 12.4. The van der Waals surface area contributed by atoms with E-state index in [-0.39, 0.29) is 5.92 Å². The third kappa shape index (κ3) is 2.06. The molecule has 0 saturated heterocycles. The molecule has 1 unspecified atom stereocenters. The van der Waals surface area contributed by atoms with Crippen LogP contribution in [-0.4, -0.2) is 0 Å². The number of pyridine rings is 1. The predicted octanol–water partition coefficient (Wildman–Crippen LogP) is 2.78. The molecule has 0 saturated carbocycles. The standard InChI is InChI=1S/C14H15NO/c1-11-6-8-13(9-7-11)12(2)14-5-3-4-10-15(14)16/h3-10,12H,1-2H3. The number of rotatable bonds is 2. The largest absolute Gasteiger partial charge is 0.618 e. The van der Waals surface area contributed by atoms with Gasteiger partial charge in [-0.3, -0.25) is 0 Å². The van der Waals surface area contributed by atoms with Gasteiger partial charge in [-0.1, -0.05) is 29.8 Å².